The standard InChI is InChI=1S/C29H41.C15H8F6.C5H5.2ClH.Hf/c1-26(2,3)22-14-18-13-19-15-23(27(4,5)6)25(29(10,11)12)17-21(19)20(18)16-24(22)28(7,8)9;16-14(17,18)12-5-1-3-10(8-12)7-11-4-2-6-13(9-11)15(19,20)21;1-2-4-5-3-1;;;/h13-17H,1-12H3;1-6,8-9H;1-3H,4H2;2*1H;/q-1;;-1;;;+2/p-2. The van der Waals surface area contributed by atoms with Crippen LogP contribution < -0.4 is 24.8 Å². The Morgan fingerprint density at radius 1 is 0.534 bits per heavy atom. The number of hydrogen-bond donors (Lipinski definition) is 0. The monoisotopic (exact) mass is 1010 g/mol. The predicted octanol–water partition coefficient (Wildman–Crippen LogP) is 9.06. The van der Waals surface area contributed by atoms with Crippen molar-refractivity contribution in [3.63, 3.8) is 0 Å². The zero-order valence-electron chi connectivity index (χ0n) is 35.5. The molecule has 312 valence electrons. The normalized spacial score (nSPS) is 13.3. The fourth-order valence-corrected chi connectivity index (χ4v) is 7.91. The zero-order chi connectivity index (χ0) is 42.2. The summed E-state index contributed by atoms with van der Waals surface area (Å²) in [6, 6.07) is 21.5. The second kappa shape index (κ2) is 18.8. The number of halogens is 8. The van der Waals surface area contributed by atoms with Crippen LogP contribution in [-0.2, 0) is 57.9 Å². The first-order chi connectivity index (χ1) is 25.5. The molecule has 0 bridgehead atoms. The third kappa shape index (κ3) is 12.8. The van der Waals surface area contributed by atoms with Crippen LogP contribution in [0.3, 0.4) is 0 Å². The fourth-order valence-electron chi connectivity index (χ4n) is 6.80. The minimum Gasteiger partial charge on any atom is -1.00 e. The molecule has 0 heterocycles. The topological polar surface area (TPSA) is 0 Å². The quantitative estimate of drug-likeness (QED) is 0.0942. The first kappa shape index (κ1) is 51.3. The first-order valence-electron chi connectivity index (χ1n) is 18.9. The first-order valence-corrected chi connectivity index (χ1v) is 20.7. The number of alkyl halides is 6. The minimum atomic E-state index is -4.48. The van der Waals surface area contributed by atoms with Gasteiger partial charge >= 0.3 is 137 Å². The molecule has 0 saturated carbocycles. The maximum atomic E-state index is 12.7. The molecule has 0 radical (unpaired) electrons. The molecule has 0 aliphatic heterocycles. The average Bonchev–Trinajstić information content (AvgIpc) is 3.77. The molecule has 0 N–H and O–H groups in total. The van der Waals surface area contributed by atoms with E-state index in [2.05, 4.69) is 126 Å². The van der Waals surface area contributed by atoms with E-state index in [1.165, 1.54) is 68.1 Å². The molecule has 9 heteroatoms. The maximum absolute atomic E-state index is 12.7. The Labute approximate surface area is 368 Å². The molecule has 0 atom stereocenters. The van der Waals surface area contributed by atoms with Crippen LogP contribution in [0.25, 0.3) is 21.5 Å². The van der Waals surface area contributed by atoms with E-state index in [4.69, 9.17) is 0 Å². The van der Waals surface area contributed by atoms with E-state index in [0.717, 1.165) is 30.7 Å². The van der Waals surface area contributed by atoms with Gasteiger partial charge in [-0.25, -0.2) is 12.2 Å². The van der Waals surface area contributed by atoms with Gasteiger partial charge in [0.2, 0.25) is 0 Å². The minimum absolute atomic E-state index is 0. The average molecular weight is 1010 g/mol. The Kier molecular flexibility index (Phi) is 16.6. The van der Waals surface area contributed by atoms with Gasteiger partial charge in [0.15, 0.2) is 0 Å². The largest absolute Gasteiger partial charge is 1.00 e. The SMILES string of the molecule is CC(C)(C)c1cc2[cH-]c3cc(C(C)(C)C)c(C(C)(C)C)cc3c2cc1C(C)(C)C.FC(F)(F)c1cccc([C](=[Hf+2])c2cccc(C(F)(F)F)c2)c1.[C-]1=CC=CC1.[Cl-].[Cl-]. The van der Waals surface area contributed by atoms with Crippen molar-refractivity contribution in [1.29, 1.82) is 0 Å². The van der Waals surface area contributed by atoms with E-state index in [1.807, 2.05) is 12.2 Å². The Morgan fingerprint density at radius 2 is 0.879 bits per heavy atom. The van der Waals surface area contributed by atoms with Gasteiger partial charge in [-0.2, -0.15) is 6.08 Å². The number of allylic oxidation sites excluding steroid dienone is 4. The van der Waals surface area contributed by atoms with Crippen LogP contribution in [0, 0.1) is 6.08 Å². The van der Waals surface area contributed by atoms with Gasteiger partial charge in [-0.05, 0) is 21.7 Å². The predicted molar refractivity (Wildman–Crippen MR) is 220 cm³/mol. The van der Waals surface area contributed by atoms with Gasteiger partial charge in [-0.3, -0.25) is 6.08 Å². The van der Waals surface area contributed by atoms with Crippen LogP contribution in [0.4, 0.5) is 26.3 Å². The Hall–Kier alpha value is -2.87. The van der Waals surface area contributed by atoms with Crippen molar-refractivity contribution in [2.75, 3.05) is 0 Å². The van der Waals surface area contributed by atoms with Crippen LogP contribution >= 0.6 is 0 Å². The molecule has 0 nitrogen and oxygen atoms in total. The van der Waals surface area contributed by atoms with E-state index in [-0.39, 0.29) is 46.5 Å². The molecule has 0 unspecified atom stereocenters. The summed E-state index contributed by atoms with van der Waals surface area (Å²) in [7, 11) is 0. The zero-order valence-corrected chi connectivity index (χ0v) is 40.6. The smallest absolute Gasteiger partial charge is 0.109 e. The third-order valence-corrected chi connectivity index (χ3v) is 11.8. The summed E-state index contributed by atoms with van der Waals surface area (Å²) in [5.74, 6) is 0. The van der Waals surface area contributed by atoms with Gasteiger partial charge in [0.05, 0.1) is 0 Å². The summed E-state index contributed by atoms with van der Waals surface area (Å²) in [6.45, 7) is 28.0. The molecule has 5 aromatic carbocycles. The van der Waals surface area contributed by atoms with Gasteiger partial charge in [0, 0.05) is 0 Å². The van der Waals surface area contributed by atoms with Crippen molar-refractivity contribution in [2.24, 2.45) is 0 Å². The summed E-state index contributed by atoms with van der Waals surface area (Å²) in [4.78, 5) is 0. The summed E-state index contributed by atoms with van der Waals surface area (Å²) >= 11 is 0.316. The van der Waals surface area contributed by atoms with Crippen LogP contribution in [-0.4, -0.2) is 3.26 Å². The van der Waals surface area contributed by atoms with E-state index in [9.17, 15) is 26.3 Å². The summed E-state index contributed by atoms with van der Waals surface area (Å²) < 4.78 is 76.7. The van der Waals surface area contributed by atoms with Crippen molar-refractivity contribution in [3.05, 3.63) is 148 Å². The molecule has 0 fully saturated rings. The van der Waals surface area contributed by atoms with E-state index >= 15 is 0 Å². The second-order valence-corrected chi connectivity index (χ2v) is 20.4. The Balaban J connectivity index is 0.000000354. The van der Waals surface area contributed by atoms with Gasteiger partial charge in [0.1, 0.15) is 0 Å². The number of fused-ring (bicyclic) bond motifs is 3. The van der Waals surface area contributed by atoms with Gasteiger partial charge < -0.3 is 24.8 Å². The molecule has 0 amide bonds. The van der Waals surface area contributed by atoms with Crippen LogP contribution in [0.1, 0.15) is 134 Å². The molecule has 5 aromatic rings. The molecule has 6 rings (SSSR count). The van der Waals surface area contributed by atoms with Crippen LogP contribution in [0.5, 0.6) is 0 Å². The molecular formula is C49H54Cl2F6Hf-2. The van der Waals surface area contributed by atoms with Crippen molar-refractivity contribution in [3.8, 4) is 0 Å². The third-order valence-electron chi connectivity index (χ3n) is 9.76. The molecular weight excluding hydrogens is 952 g/mol. The van der Waals surface area contributed by atoms with E-state index in [1.54, 1.807) is 0 Å². The van der Waals surface area contributed by atoms with Crippen LogP contribution in [0.2, 0.25) is 0 Å². The second-order valence-electron chi connectivity index (χ2n) is 18.6. The molecule has 0 aromatic heterocycles. The molecule has 0 spiro atoms. The van der Waals surface area contributed by atoms with Crippen molar-refractivity contribution in [1.82, 2.24) is 0 Å². The number of hydrogen-bond acceptors (Lipinski definition) is 0. The van der Waals surface area contributed by atoms with Gasteiger partial charge in [0.25, 0.3) is 0 Å². The van der Waals surface area contributed by atoms with Gasteiger partial charge in [-0.15, -0.1) is 46.2 Å². The molecule has 1 aliphatic rings. The number of rotatable bonds is 2. The van der Waals surface area contributed by atoms with Crippen LogP contribution in [0.15, 0.2) is 97.1 Å². The molecule has 58 heavy (non-hydrogen) atoms. The Morgan fingerprint density at radius 3 is 1.14 bits per heavy atom. The fraction of sp³-hybridized carbons (Fsp3) is 0.388. The number of benzene rings is 4. The molecule has 1 aliphatic carbocycles. The van der Waals surface area contributed by atoms with Crippen molar-refractivity contribution < 1.29 is 75.0 Å². The van der Waals surface area contributed by atoms with E-state index < -0.39 is 23.5 Å². The van der Waals surface area contributed by atoms with Gasteiger partial charge in [-0.1, -0.05) is 117 Å². The summed E-state index contributed by atoms with van der Waals surface area (Å²) in [5.41, 5.74) is 5.36. The molecule has 0 saturated heterocycles. The summed E-state index contributed by atoms with van der Waals surface area (Å²) in [6.07, 6.45) is 1.04. The van der Waals surface area contributed by atoms with Crippen molar-refractivity contribution in [2.45, 2.75) is 124 Å². The van der Waals surface area contributed by atoms with Crippen molar-refractivity contribution >= 4 is 24.8 Å². The maximum Gasteiger partial charge on any atom is -0.109 e. The summed E-state index contributed by atoms with van der Waals surface area (Å²) in [5, 5.41) is 5.57. The van der Waals surface area contributed by atoms with E-state index in [0.29, 0.717) is 38.3 Å². The Bertz CT molecular complexity index is 2100.